The van der Waals surface area contributed by atoms with E-state index in [1.807, 2.05) is 24.3 Å². The number of carbonyl (C=O) groups excluding carboxylic acids is 1. The van der Waals surface area contributed by atoms with Gasteiger partial charge in [-0.3, -0.25) is 4.79 Å². The van der Waals surface area contributed by atoms with Crippen LogP contribution in [0.25, 0.3) is 0 Å². The molecule has 1 saturated heterocycles. The van der Waals surface area contributed by atoms with Gasteiger partial charge in [-0.15, -0.1) is 0 Å². The largest absolute Gasteiger partial charge is 0.385 e. The molecule has 0 bridgehead atoms. The molecule has 3 rings (SSSR count). The fourth-order valence-corrected chi connectivity index (χ4v) is 2.87. The number of hydrogen-bond acceptors (Lipinski definition) is 4. The van der Waals surface area contributed by atoms with Crippen molar-refractivity contribution in [2.24, 2.45) is 0 Å². The number of ether oxygens (including phenoxy) is 1. The second-order valence-corrected chi connectivity index (χ2v) is 5.13. The van der Waals surface area contributed by atoms with Gasteiger partial charge in [0.15, 0.2) is 6.10 Å². The van der Waals surface area contributed by atoms with E-state index in [0.29, 0.717) is 19.7 Å². The first-order valence-electron chi connectivity index (χ1n) is 6.92. The maximum atomic E-state index is 12.7. The molecule has 1 aromatic rings. The molecule has 0 saturated carbocycles. The Morgan fingerprint density at radius 3 is 3.15 bits per heavy atom. The van der Waals surface area contributed by atoms with E-state index >= 15 is 0 Å². The zero-order valence-corrected chi connectivity index (χ0v) is 11.2. The smallest absolute Gasteiger partial charge is 0.230 e. The molecule has 0 radical (unpaired) electrons. The van der Waals surface area contributed by atoms with Gasteiger partial charge in [0.05, 0.1) is 25.1 Å². The molecule has 0 aliphatic carbocycles. The molecule has 2 unspecified atom stereocenters. The molecule has 2 heterocycles. The highest BCUT2D eigenvalue weighted by atomic mass is 16.5. The summed E-state index contributed by atoms with van der Waals surface area (Å²) in [6.07, 6.45) is 0.300. The number of amides is 1. The van der Waals surface area contributed by atoms with Crippen LogP contribution in [0.2, 0.25) is 0 Å². The van der Waals surface area contributed by atoms with Gasteiger partial charge in [0.1, 0.15) is 0 Å². The van der Waals surface area contributed by atoms with Gasteiger partial charge in [0, 0.05) is 18.8 Å². The number of fused-ring (bicyclic) bond motifs is 1. The van der Waals surface area contributed by atoms with Gasteiger partial charge in [-0.2, -0.15) is 5.26 Å². The first-order valence-corrected chi connectivity index (χ1v) is 6.92. The number of anilines is 1. The lowest BCUT2D eigenvalue weighted by molar-refractivity contribution is -0.138. The average Bonchev–Trinajstić information content (AvgIpc) is 2.53. The van der Waals surface area contributed by atoms with Gasteiger partial charge in [0.25, 0.3) is 0 Å². The molecule has 2 aliphatic rings. The summed E-state index contributed by atoms with van der Waals surface area (Å²) in [4.78, 5) is 14.5. The second-order valence-electron chi connectivity index (χ2n) is 5.13. The third kappa shape index (κ3) is 2.35. The molecule has 5 nitrogen and oxygen atoms in total. The molecular formula is C15H17N3O2. The summed E-state index contributed by atoms with van der Waals surface area (Å²) in [5.41, 5.74) is 2.10. The molecule has 1 amide bonds. The predicted octanol–water partition coefficient (Wildman–Crippen LogP) is 1.34. The van der Waals surface area contributed by atoms with E-state index in [0.717, 1.165) is 24.2 Å². The molecule has 20 heavy (non-hydrogen) atoms. The van der Waals surface area contributed by atoms with Crippen molar-refractivity contribution in [3.05, 3.63) is 29.8 Å². The SMILES string of the molecule is N#CC1CN(C(=O)C2CCNc3ccccc32)CCO1. The van der Waals surface area contributed by atoms with Crippen LogP contribution in [-0.4, -0.2) is 43.2 Å². The number of morpholine rings is 1. The number of rotatable bonds is 1. The number of nitriles is 1. The summed E-state index contributed by atoms with van der Waals surface area (Å²) in [5, 5.41) is 12.3. The Balaban J connectivity index is 1.80. The summed E-state index contributed by atoms with van der Waals surface area (Å²) in [7, 11) is 0. The Morgan fingerprint density at radius 1 is 1.45 bits per heavy atom. The molecule has 1 N–H and O–H groups in total. The van der Waals surface area contributed by atoms with Crippen molar-refractivity contribution in [1.29, 1.82) is 5.26 Å². The van der Waals surface area contributed by atoms with Crippen LogP contribution >= 0.6 is 0 Å². The van der Waals surface area contributed by atoms with E-state index in [9.17, 15) is 4.79 Å². The maximum Gasteiger partial charge on any atom is 0.230 e. The van der Waals surface area contributed by atoms with E-state index in [1.54, 1.807) is 4.90 Å². The highest BCUT2D eigenvalue weighted by Crippen LogP contribution is 2.32. The third-order valence-corrected chi connectivity index (χ3v) is 3.90. The zero-order chi connectivity index (χ0) is 13.9. The molecule has 2 atom stereocenters. The van der Waals surface area contributed by atoms with Crippen molar-refractivity contribution >= 4 is 11.6 Å². The average molecular weight is 271 g/mol. The van der Waals surface area contributed by atoms with Crippen LogP contribution in [0.5, 0.6) is 0 Å². The number of nitrogens with one attached hydrogen (secondary N) is 1. The Morgan fingerprint density at radius 2 is 2.30 bits per heavy atom. The van der Waals surface area contributed by atoms with Crippen molar-refractivity contribution in [3.8, 4) is 6.07 Å². The normalized spacial score (nSPS) is 25.2. The maximum absolute atomic E-state index is 12.7. The Labute approximate surface area is 118 Å². The van der Waals surface area contributed by atoms with Crippen molar-refractivity contribution in [2.75, 3.05) is 31.6 Å². The summed E-state index contributed by atoms with van der Waals surface area (Å²) in [6, 6.07) is 10.0. The van der Waals surface area contributed by atoms with Gasteiger partial charge in [-0.05, 0) is 18.1 Å². The molecular weight excluding hydrogens is 254 g/mol. The summed E-state index contributed by atoms with van der Waals surface area (Å²) in [6.45, 7) is 2.19. The van der Waals surface area contributed by atoms with Crippen LogP contribution in [0.1, 0.15) is 17.9 Å². The van der Waals surface area contributed by atoms with E-state index in [-0.39, 0.29) is 11.8 Å². The third-order valence-electron chi connectivity index (χ3n) is 3.90. The van der Waals surface area contributed by atoms with E-state index in [2.05, 4.69) is 11.4 Å². The lowest BCUT2D eigenvalue weighted by atomic mass is 9.89. The molecule has 104 valence electrons. The van der Waals surface area contributed by atoms with Crippen molar-refractivity contribution in [1.82, 2.24) is 4.90 Å². The Kier molecular flexibility index (Phi) is 3.57. The minimum absolute atomic E-state index is 0.107. The molecule has 0 aromatic heterocycles. The van der Waals surface area contributed by atoms with Crippen LogP contribution < -0.4 is 5.32 Å². The number of para-hydroxylation sites is 1. The van der Waals surface area contributed by atoms with Gasteiger partial charge < -0.3 is 15.0 Å². The van der Waals surface area contributed by atoms with Crippen molar-refractivity contribution in [2.45, 2.75) is 18.4 Å². The molecule has 1 fully saturated rings. The summed E-state index contributed by atoms with van der Waals surface area (Å²) < 4.78 is 5.30. The number of carbonyl (C=O) groups is 1. The number of nitrogens with zero attached hydrogens (tertiary/aromatic N) is 2. The number of benzene rings is 1. The second kappa shape index (κ2) is 5.51. The van der Waals surface area contributed by atoms with E-state index < -0.39 is 6.10 Å². The Hall–Kier alpha value is -2.06. The Bertz CT molecular complexity index is 552. The topological polar surface area (TPSA) is 65.4 Å². The molecule has 5 heteroatoms. The van der Waals surface area contributed by atoms with Gasteiger partial charge in [-0.25, -0.2) is 0 Å². The fraction of sp³-hybridized carbons (Fsp3) is 0.467. The molecule has 0 spiro atoms. The quantitative estimate of drug-likeness (QED) is 0.837. The molecule has 1 aromatic carbocycles. The number of hydrogen-bond donors (Lipinski definition) is 1. The zero-order valence-electron chi connectivity index (χ0n) is 11.2. The van der Waals surface area contributed by atoms with Crippen molar-refractivity contribution in [3.63, 3.8) is 0 Å². The first-order chi connectivity index (χ1) is 9.79. The minimum atomic E-state index is -0.496. The van der Waals surface area contributed by atoms with Gasteiger partial charge in [0.2, 0.25) is 5.91 Å². The van der Waals surface area contributed by atoms with Crippen LogP contribution in [0.15, 0.2) is 24.3 Å². The van der Waals surface area contributed by atoms with E-state index in [4.69, 9.17) is 10.00 Å². The molecule has 2 aliphatic heterocycles. The van der Waals surface area contributed by atoms with Gasteiger partial charge >= 0.3 is 0 Å². The van der Waals surface area contributed by atoms with Gasteiger partial charge in [-0.1, -0.05) is 18.2 Å². The van der Waals surface area contributed by atoms with Crippen molar-refractivity contribution < 1.29 is 9.53 Å². The first kappa shape index (κ1) is 12.9. The van der Waals surface area contributed by atoms with Crippen LogP contribution in [-0.2, 0) is 9.53 Å². The lowest BCUT2D eigenvalue weighted by Crippen LogP contribution is -2.47. The highest BCUT2D eigenvalue weighted by Gasteiger charge is 2.32. The summed E-state index contributed by atoms with van der Waals surface area (Å²) >= 11 is 0. The van der Waals surface area contributed by atoms with Crippen LogP contribution in [0, 0.1) is 11.3 Å². The van der Waals surface area contributed by atoms with Crippen LogP contribution in [0.4, 0.5) is 5.69 Å². The standard InChI is InChI=1S/C15H17N3O2/c16-9-11-10-18(7-8-20-11)15(19)13-5-6-17-14-4-2-1-3-12(13)14/h1-4,11,13,17H,5-8,10H2. The van der Waals surface area contributed by atoms with E-state index in [1.165, 1.54) is 0 Å². The fourth-order valence-electron chi connectivity index (χ4n) is 2.87. The minimum Gasteiger partial charge on any atom is -0.385 e. The highest BCUT2D eigenvalue weighted by molar-refractivity contribution is 5.86. The monoisotopic (exact) mass is 271 g/mol. The van der Waals surface area contributed by atoms with Crippen LogP contribution in [0.3, 0.4) is 0 Å². The summed E-state index contributed by atoms with van der Waals surface area (Å²) in [5.74, 6) is 0.00685. The predicted molar refractivity (Wildman–Crippen MR) is 74.2 cm³/mol. The lowest BCUT2D eigenvalue weighted by Gasteiger charge is -2.34.